The smallest absolute Gasteiger partial charge is 0.226 e. The van der Waals surface area contributed by atoms with Crippen molar-refractivity contribution < 1.29 is 23.8 Å². The van der Waals surface area contributed by atoms with Gasteiger partial charge < -0.3 is 30.2 Å². The van der Waals surface area contributed by atoms with Crippen LogP contribution >= 0.6 is 11.8 Å². The molecule has 6 fully saturated rings. The zero-order valence-electron chi connectivity index (χ0n) is 23.1. The molecule has 0 radical (unpaired) electrons. The lowest BCUT2D eigenvalue weighted by molar-refractivity contribution is -0.133. The SMILES string of the molecule is N[C@@H]1CCCC[C@@H]1NC1CC2CNC(=O)C2C(NC2CC(C3COC4C(=O)C=C(N5CCOCC5)OC43)CS2)N1. The van der Waals surface area contributed by atoms with Gasteiger partial charge in [-0.25, -0.2) is 0 Å². The van der Waals surface area contributed by atoms with E-state index in [4.69, 9.17) is 19.9 Å². The van der Waals surface area contributed by atoms with Crippen LogP contribution in [0.15, 0.2) is 12.0 Å². The van der Waals surface area contributed by atoms with Gasteiger partial charge >= 0.3 is 0 Å². The molecular formula is C28H44N6O5S. The van der Waals surface area contributed by atoms with E-state index < -0.39 is 6.10 Å². The molecule has 7 rings (SSSR count). The lowest BCUT2D eigenvalue weighted by atomic mass is 9.83. The van der Waals surface area contributed by atoms with E-state index in [1.165, 1.54) is 12.8 Å². The molecule has 6 N–H and O–H groups in total. The number of hydrogen-bond donors (Lipinski definition) is 5. The minimum atomic E-state index is -0.507. The molecule has 0 spiro atoms. The van der Waals surface area contributed by atoms with Crippen molar-refractivity contribution in [3.8, 4) is 0 Å². The van der Waals surface area contributed by atoms with Gasteiger partial charge in [-0.2, -0.15) is 0 Å². The van der Waals surface area contributed by atoms with Gasteiger partial charge in [-0.1, -0.05) is 12.8 Å². The number of morpholine rings is 1. The van der Waals surface area contributed by atoms with Crippen molar-refractivity contribution in [3.05, 3.63) is 12.0 Å². The molecule has 6 heterocycles. The van der Waals surface area contributed by atoms with Crippen molar-refractivity contribution in [1.82, 2.24) is 26.2 Å². The number of piperidine rings is 1. The maximum Gasteiger partial charge on any atom is 0.226 e. The number of rotatable bonds is 6. The van der Waals surface area contributed by atoms with Gasteiger partial charge in [-0.15, -0.1) is 11.8 Å². The number of ether oxygens (including phenoxy) is 3. The summed E-state index contributed by atoms with van der Waals surface area (Å²) in [6.07, 6.45) is 7.41. The molecular weight excluding hydrogens is 532 g/mol. The summed E-state index contributed by atoms with van der Waals surface area (Å²) in [5.41, 5.74) is 6.44. The highest BCUT2D eigenvalue weighted by Crippen LogP contribution is 2.43. The Morgan fingerprint density at radius 3 is 2.77 bits per heavy atom. The molecule has 11 nitrogen and oxygen atoms in total. The molecule has 222 valence electrons. The van der Waals surface area contributed by atoms with Crippen LogP contribution in [0.3, 0.4) is 0 Å². The fourth-order valence-corrected chi connectivity index (χ4v) is 9.44. The van der Waals surface area contributed by atoms with Crippen LogP contribution in [0.1, 0.15) is 38.5 Å². The molecule has 1 saturated carbocycles. The fraction of sp³-hybridized carbons (Fsp3) is 0.857. The lowest BCUT2D eigenvalue weighted by Gasteiger charge is -2.42. The first-order valence-electron chi connectivity index (χ1n) is 15.3. The number of amides is 1. The van der Waals surface area contributed by atoms with Crippen molar-refractivity contribution in [1.29, 1.82) is 0 Å². The number of nitrogens with one attached hydrogen (secondary N) is 4. The van der Waals surface area contributed by atoms with Crippen molar-refractivity contribution >= 4 is 23.5 Å². The number of fused-ring (bicyclic) bond motifs is 2. The summed E-state index contributed by atoms with van der Waals surface area (Å²) in [5.74, 6) is 2.59. The first-order valence-corrected chi connectivity index (χ1v) is 16.4. The molecule has 0 aromatic rings. The Morgan fingerprint density at radius 2 is 1.93 bits per heavy atom. The number of nitrogens with two attached hydrogens (primary N) is 1. The average Bonchev–Trinajstić information content (AvgIpc) is 3.69. The average molecular weight is 577 g/mol. The monoisotopic (exact) mass is 576 g/mol. The van der Waals surface area contributed by atoms with Crippen molar-refractivity contribution in [3.63, 3.8) is 0 Å². The van der Waals surface area contributed by atoms with E-state index >= 15 is 0 Å². The summed E-state index contributed by atoms with van der Waals surface area (Å²) in [6, 6.07) is 0.516. The molecule has 40 heavy (non-hydrogen) atoms. The van der Waals surface area contributed by atoms with Gasteiger partial charge in [0, 0.05) is 43.7 Å². The highest BCUT2D eigenvalue weighted by atomic mass is 32.2. The Labute approximate surface area is 240 Å². The molecule has 12 heteroatoms. The number of carbonyl (C=O) groups is 2. The van der Waals surface area contributed by atoms with Crippen LogP contribution < -0.4 is 27.0 Å². The summed E-state index contributed by atoms with van der Waals surface area (Å²) in [6.45, 7) is 4.06. The van der Waals surface area contributed by atoms with E-state index in [1.54, 1.807) is 6.08 Å². The van der Waals surface area contributed by atoms with Crippen LogP contribution in [0.2, 0.25) is 0 Å². The second-order valence-corrected chi connectivity index (χ2v) is 13.9. The Kier molecular flexibility index (Phi) is 8.02. The Bertz CT molecular complexity index is 996. The minimum absolute atomic E-state index is 0.0153. The summed E-state index contributed by atoms with van der Waals surface area (Å²) < 4.78 is 18.0. The van der Waals surface area contributed by atoms with E-state index in [-0.39, 0.29) is 53.4 Å². The second kappa shape index (κ2) is 11.7. The van der Waals surface area contributed by atoms with Gasteiger partial charge in [0.25, 0.3) is 0 Å². The van der Waals surface area contributed by atoms with Crippen LogP contribution in [-0.2, 0) is 23.8 Å². The predicted octanol–water partition coefficient (Wildman–Crippen LogP) is -0.321. The highest BCUT2D eigenvalue weighted by Gasteiger charge is 2.52. The van der Waals surface area contributed by atoms with E-state index in [0.717, 1.165) is 51.1 Å². The molecule has 0 aromatic heterocycles. The van der Waals surface area contributed by atoms with Crippen molar-refractivity contribution in [2.24, 2.45) is 29.4 Å². The van der Waals surface area contributed by atoms with E-state index in [0.29, 0.717) is 43.6 Å². The molecule has 0 bridgehead atoms. The lowest BCUT2D eigenvalue weighted by Crippen LogP contribution is -2.66. The molecule has 9 unspecified atom stereocenters. The minimum Gasteiger partial charge on any atom is -0.472 e. The van der Waals surface area contributed by atoms with Crippen LogP contribution in [0.5, 0.6) is 0 Å². The van der Waals surface area contributed by atoms with Gasteiger partial charge in [0.1, 0.15) is 6.10 Å². The van der Waals surface area contributed by atoms with Gasteiger partial charge in [0.05, 0.1) is 43.4 Å². The first kappa shape index (κ1) is 27.4. The van der Waals surface area contributed by atoms with Gasteiger partial charge in [0.15, 0.2) is 17.8 Å². The number of thioether (sulfide) groups is 1. The van der Waals surface area contributed by atoms with Crippen molar-refractivity contribution in [2.45, 2.75) is 80.5 Å². The molecule has 6 aliphatic heterocycles. The summed E-state index contributed by atoms with van der Waals surface area (Å²) in [7, 11) is 0. The predicted molar refractivity (Wildman–Crippen MR) is 150 cm³/mol. The molecule has 1 amide bonds. The zero-order valence-corrected chi connectivity index (χ0v) is 23.9. The Hall–Kier alpha value is -1.41. The van der Waals surface area contributed by atoms with Crippen LogP contribution in [0, 0.1) is 23.7 Å². The Balaban J connectivity index is 0.985. The summed E-state index contributed by atoms with van der Waals surface area (Å²) >= 11 is 1.91. The van der Waals surface area contributed by atoms with Crippen molar-refractivity contribution in [2.75, 3.05) is 45.2 Å². The third-order valence-electron chi connectivity index (χ3n) is 10.2. The second-order valence-electron chi connectivity index (χ2n) is 12.7. The Morgan fingerprint density at radius 1 is 1.07 bits per heavy atom. The van der Waals surface area contributed by atoms with Gasteiger partial charge in [0.2, 0.25) is 5.91 Å². The van der Waals surface area contributed by atoms with Crippen LogP contribution in [0.4, 0.5) is 0 Å². The number of carbonyl (C=O) groups excluding carboxylic acids is 2. The van der Waals surface area contributed by atoms with Gasteiger partial charge in [-0.05, 0) is 43.3 Å². The first-order chi connectivity index (χ1) is 19.5. The normalized spacial score (nSPS) is 45.5. The summed E-state index contributed by atoms with van der Waals surface area (Å²) in [4.78, 5) is 27.9. The zero-order chi connectivity index (χ0) is 27.2. The number of nitrogens with zero attached hydrogens (tertiary/aromatic N) is 1. The summed E-state index contributed by atoms with van der Waals surface area (Å²) in [5, 5.41) is 14.7. The fourth-order valence-electron chi connectivity index (χ4n) is 7.95. The molecule has 11 atom stereocenters. The van der Waals surface area contributed by atoms with E-state index in [9.17, 15) is 9.59 Å². The topological polar surface area (TPSA) is 139 Å². The third-order valence-corrected chi connectivity index (χ3v) is 11.5. The standard InChI is InChI=1S/C28H44N6O5S/c29-18-3-1-2-4-19(18)31-21-9-15-12-30-28(36)24(15)27(32-21)33-22-10-16(14-40-22)17-13-38-26-20(35)11-23(39-25(17)26)34-5-7-37-8-6-34/h11,15-19,21-22,24-27,31-33H,1-10,12-14,29H2,(H,30,36)/t15?,16?,17?,18-,19+,21?,22?,24?,25?,26?,27?/m1/s1. The van der Waals surface area contributed by atoms with Crippen LogP contribution in [-0.4, -0.2) is 104 Å². The molecule has 1 aliphatic carbocycles. The van der Waals surface area contributed by atoms with E-state index in [2.05, 4.69) is 26.2 Å². The number of hydrogen-bond acceptors (Lipinski definition) is 11. The molecule has 0 aromatic carbocycles. The van der Waals surface area contributed by atoms with Crippen LogP contribution in [0.25, 0.3) is 0 Å². The highest BCUT2D eigenvalue weighted by molar-refractivity contribution is 8.00. The van der Waals surface area contributed by atoms with E-state index in [1.807, 2.05) is 11.8 Å². The number of ketones is 1. The maximum absolute atomic E-state index is 12.9. The van der Waals surface area contributed by atoms with Gasteiger partial charge in [-0.3, -0.25) is 25.5 Å². The molecule has 7 aliphatic rings. The third kappa shape index (κ3) is 5.41. The molecule has 5 saturated heterocycles. The maximum atomic E-state index is 12.9. The largest absolute Gasteiger partial charge is 0.472 e. The quantitative estimate of drug-likeness (QED) is 0.284.